The smallest absolute Gasteiger partial charge is 0.277 e. The predicted molar refractivity (Wildman–Crippen MR) is 110 cm³/mol. The van der Waals surface area contributed by atoms with Crippen LogP contribution in [0.4, 0.5) is 0 Å². The van der Waals surface area contributed by atoms with Gasteiger partial charge in [0.25, 0.3) is 5.22 Å². The fraction of sp³-hybridized carbons (Fsp3) is 0.381. The van der Waals surface area contributed by atoms with Crippen molar-refractivity contribution >= 4 is 17.5 Å². The van der Waals surface area contributed by atoms with Crippen molar-refractivity contribution in [3.05, 3.63) is 52.8 Å². The van der Waals surface area contributed by atoms with Crippen LogP contribution in [-0.2, 0) is 4.74 Å². The third kappa shape index (κ3) is 4.20. The van der Waals surface area contributed by atoms with Crippen LogP contribution in [0.2, 0.25) is 0 Å². The number of rotatable bonds is 8. The summed E-state index contributed by atoms with van der Waals surface area (Å²) in [5.74, 6) is 0.766. The summed E-state index contributed by atoms with van der Waals surface area (Å²) in [6, 6.07) is 9.95. The molecule has 2 heterocycles. The molecule has 3 rings (SSSR count). The maximum Gasteiger partial charge on any atom is 0.277 e. The molecule has 0 saturated heterocycles. The van der Waals surface area contributed by atoms with Crippen LogP contribution in [0.3, 0.4) is 0 Å². The summed E-state index contributed by atoms with van der Waals surface area (Å²) in [4.78, 5) is 12.8. The zero-order chi connectivity index (χ0) is 20.3. The molecule has 0 aliphatic rings. The van der Waals surface area contributed by atoms with Crippen molar-refractivity contribution in [3.8, 4) is 11.5 Å². The Morgan fingerprint density at radius 2 is 2.00 bits per heavy atom. The topological polar surface area (TPSA) is 70.2 Å². The molecule has 148 valence electrons. The van der Waals surface area contributed by atoms with E-state index in [1.165, 1.54) is 11.8 Å². The highest BCUT2D eigenvalue weighted by molar-refractivity contribution is 7.99. The van der Waals surface area contributed by atoms with E-state index in [0.29, 0.717) is 17.7 Å². The maximum absolute atomic E-state index is 12.8. The number of ether oxygens (including phenoxy) is 1. The Balaban J connectivity index is 1.70. The van der Waals surface area contributed by atoms with Crippen molar-refractivity contribution in [1.82, 2.24) is 14.8 Å². The van der Waals surface area contributed by atoms with Gasteiger partial charge >= 0.3 is 0 Å². The number of benzene rings is 1. The van der Waals surface area contributed by atoms with Crippen LogP contribution in [0.25, 0.3) is 11.5 Å². The second-order valence-corrected chi connectivity index (χ2v) is 7.79. The zero-order valence-electron chi connectivity index (χ0n) is 16.9. The lowest BCUT2D eigenvalue weighted by Crippen LogP contribution is -2.14. The van der Waals surface area contributed by atoms with Crippen molar-refractivity contribution in [2.45, 2.75) is 39.0 Å². The van der Waals surface area contributed by atoms with Gasteiger partial charge in [0.2, 0.25) is 5.89 Å². The first-order chi connectivity index (χ1) is 13.4. The van der Waals surface area contributed by atoms with Crippen LogP contribution < -0.4 is 0 Å². The Kier molecular flexibility index (Phi) is 6.36. The minimum Gasteiger partial charge on any atom is -0.411 e. The second kappa shape index (κ2) is 8.75. The van der Waals surface area contributed by atoms with Crippen LogP contribution in [-0.4, -0.2) is 40.0 Å². The van der Waals surface area contributed by atoms with Crippen LogP contribution in [0.1, 0.15) is 40.3 Å². The normalized spacial score (nSPS) is 12.3. The lowest BCUT2D eigenvalue weighted by atomic mass is 10.1. The molecule has 0 unspecified atom stereocenters. The van der Waals surface area contributed by atoms with Crippen molar-refractivity contribution in [1.29, 1.82) is 0 Å². The third-order valence-electron chi connectivity index (χ3n) is 4.74. The number of Topliss-reactive ketones (excluding diaryl/α,β-unsaturated/α-hetero) is 1. The highest BCUT2D eigenvalue weighted by Gasteiger charge is 2.20. The first-order valence-electron chi connectivity index (χ1n) is 9.15. The molecule has 0 aliphatic carbocycles. The van der Waals surface area contributed by atoms with Gasteiger partial charge in [-0.05, 0) is 45.4 Å². The molecule has 0 spiro atoms. The van der Waals surface area contributed by atoms with Crippen molar-refractivity contribution in [2.24, 2.45) is 0 Å². The molecule has 0 bridgehead atoms. The molecule has 0 saturated carbocycles. The van der Waals surface area contributed by atoms with E-state index >= 15 is 0 Å². The van der Waals surface area contributed by atoms with Gasteiger partial charge in [0.1, 0.15) is 0 Å². The number of methoxy groups -OCH3 is 1. The largest absolute Gasteiger partial charge is 0.411 e. The van der Waals surface area contributed by atoms with Crippen molar-refractivity contribution in [3.63, 3.8) is 0 Å². The molecule has 28 heavy (non-hydrogen) atoms. The maximum atomic E-state index is 12.8. The number of thioether (sulfide) groups is 1. The molecule has 2 aromatic heterocycles. The number of nitrogens with zero attached hydrogens (tertiary/aromatic N) is 3. The Hall–Kier alpha value is -2.38. The zero-order valence-corrected chi connectivity index (χ0v) is 17.7. The number of hydrogen-bond donors (Lipinski definition) is 0. The van der Waals surface area contributed by atoms with Gasteiger partial charge in [-0.2, -0.15) is 0 Å². The van der Waals surface area contributed by atoms with Gasteiger partial charge in [0.15, 0.2) is 5.78 Å². The standard InChI is InChI=1S/C21H25N3O3S/c1-13-8-6-7-9-17(13)20-22-23-21(27-20)28-12-19(25)18-10-14(2)24(16(18)4)15(3)11-26-5/h6-10,15H,11-12H2,1-5H3/t15-/m1/s1. The van der Waals surface area contributed by atoms with E-state index in [-0.39, 0.29) is 17.6 Å². The predicted octanol–water partition coefficient (Wildman–Crippen LogP) is 4.65. The Labute approximate surface area is 169 Å². The summed E-state index contributed by atoms with van der Waals surface area (Å²) in [6.07, 6.45) is 0. The van der Waals surface area contributed by atoms with Gasteiger partial charge in [0.05, 0.1) is 18.4 Å². The Morgan fingerprint density at radius 1 is 1.25 bits per heavy atom. The minimum absolute atomic E-state index is 0.0459. The van der Waals surface area contributed by atoms with Crippen LogP contribution in [0, 0.1) is 20.8 Å². The van der Waals surface area contributed by atoms with Gasteiger partial charge < -0.3 is 13.7 Å². The lowest BCUT2D eigenvalue weighted by molar-refractivity contribution is 0.102. The fourth-order valence-electron chi connectivity index (χ4n) is 3.45. The monoisotopic (exact) mass is 399 g/mol. The quantitative estimate of drug-likeness (QED) is 0.406. The Morgan fingerprint density at radius 3 is 2.71 bits per heavy atom. The summed E-state index contributed by atoms with van der Waals surface area (Å²) >= 11 is 1.26. The van der Waals surface area contributed by atoms with E-state index in [0.717, 1.165) is 28.1 Å². The fourth-order valence-corrected chi connectivity index (χ4v) is 4.09. The first kappa shape index (κ1) is 20.4. The molecule has 0 fully saturated rings. The summed E-state index contributed by atoms with van der Waals surface area (Å²) in [5.41, 5.74) is 4.71. The molecule has 0 aliphatic heterocycles. The molecule has 0 radical (unpaired) electrons. The summed E-state index contributed by atoms with van der Waals surface area (Å²) < 4.78 is 13.1. The summed E-state index contributed by atoms with van der Waals surface area (Å²) in [5, 5.41) is 8.58. The number of hydrogen-bond acceptors (Lipinski definition) is 6. The molecule has 1 atom stereocenters. The number of ketones is 1. The van der Waals surface area contributed by atoms with E-state index in [9.17, 15) is 4.79 Å². The number of aromatic nitrogens is 3. The van der Waals surface area contributed by atoms with E-state index in [1.54, 1.807) is 7.11 Å². The van der Waals surface area contributed by atoms with Crippen molar-refractivity contribution < 1.29 is 13.9 Å². The van der Waals surface area contributed by atoms with Gasteiger partial charge in [-0.15, -0.1) is 10.2 Å². The van der Waals surface area contributed by atoms with Gasteiger partial charge in [-0.25, -0.2) is 0 Å². The Bertz CT molecular complexity index is 977. The molecule has 7 heteroatoms. The summed E-state index contributed by atoms with van der Waals surface area (Å²) in [6.45, 7) is 8.66. The van der Waals surface area contributed by atoms with E-state index in [2.05, 4.69) is 21.7 Å². The van der Waals surface area contributed by atoms with E-state index in [1.807, 2.05) is 51.1 Å². The third-order valence-corrected chi connectivity index (χ3v) is 5.56. The van der Waals surface area contributed by atoms with Crippen LogP contribution in [0.15, 0.2) is 40.0 Å². The average Bonchev–Trinajstić information content (AvgIpc) is 3.24. The minimum atomic E-state index is 0.0459. The highest BCUT2D eigenvalue weighted by Crippen LogP contribution is 2.27. The summed E-state index contributed by atoms with van der Waals surface area (Å²) in [7, 11) is 1.68. The number of aryl methyl sites for hydroxylation is 2. The molecule has 1 aromatic carbocycles. The van der Waals surface area contributed by atoms with Gasteiger partial charge in [0, 0.05) is 29.6 Å². The molecule has 6 nitrogen and oxygen atoms in total. The number of carbonyl (C=O) groups excluding carboxylic acids is 1. The molecular formula is C21H25N3O3S. The molecule has 0 N–H and O–H groups in total. The van der Waals surface area contributed by atoms with Crippen molar-refractivity contribution in [2.75, 3.05) is 19.5 Å². The average molecular weight is 400 g/mol. The number of carbonyl (C=O) groups is 1. The first-order valence-corrected chi connectivity index (χ1v) is 10.1. The van der Waals surface area contributed by atoms with E-state index in [4.69, 9.17) is 9.15 Å². The second-order valence-electron chi connectivity index (χ2n) is 6.86. The van der Waals surface area contributed by atoms with Crippen LogP contribution >= 0.6 is 11.8 Å². The molecule has 3 aromatic rings. The highest BCUT2D eigenvalue weighted by atomic mass is 32.2. The van der Waals surface area contributed by atoms with Gasteiger partial charge in [-0.1, -0.05) is 30.0 Å². The lowest BCUT2D eigenvalue weighted by Gasteiger charge is -2.17. The SMILES string of the molecule is COC[C@@H](C)n1c(C)cc(C(=O)CSc2nnc(-c3ccccc3C)o2)c1C. The molecular weight excluding hydrogens is 374 g/mol. The van der Waals surface area contributed by atoms with Gasteiger partial charge in [-0.3, -0.25) is 4.79 Å². The van der Waals surface area contributed by atoms with Crippen LogP contribution in [0.5, 0.6) is 0 Å². The molecule has 0 amide bonds. The van der Waals surface area contributed by atoms with E-state index < -0.39 is 0 Å².